The molecule has 1 atom stereocenters. The maximum absolute atomic E-state index is 12.3. The number of unbranched alkanes of at least 4 members (excludes halogenated alkanes) is 2. The molecule has 0 saturated carbocycles. The van der Waals surface area contributed by atoms with Gasteiger partial charge in [0.1, 0.15) is 0 Å². The van der Waals surface area contributed by atoms with E-state index in [2.05, 4.69) is 4.72 Å². The van der Waals surface area contributed by atoms with Crippen molar-refractivity contribution in [1.82, 2.24) is 4.72 Å². The lowest BCUT2D eigenvalue weighted by atomic mass is 9.98. The van der Waals surface area contributed by atoms with Gasteiger partial charge in [0, 0.05) is 13.0 Å². The van der Waals surface area contributed by atoms with Crippen LogP contribution in [0.4, 0.5) is 0 Å². The number of nitriles is 2. The summed E-state index contributed by atoms with van der Waals surface area (Å²) in [7, 11) is -3.67. The van der Waals surface area contributed by atoms with Crippen LogP contribution in [-0.2, 0) is 10.0 Å². The highest BCUT2D eigenvalue weighted by atomic mass is 32.2. The van der Waals surface area contributed by atoms with E-state index in [4.69, 9.17) is 5.26 Å². The SMILES string of the molecule is CCCCC(C#N)(CCC)S(=O)(=O)NCCCC#N. The Kier molecular flexibility index (Phi) is 8.38. The summed E-state index contributed by atoms with van der Waals surface area (Å²) in [4.78, 5) is 0. The van der Waals surface area contributed by atoms with Crippen LogP contribution in [0.1, 0.15) is 58.8 Å². The lowest BCUT2D eigenvalue weighted by molar-refractivity contribution is 0.489. The minimum Gasteiger partial charge on any atom is -0.214 e. The lowest BCUT2D eigenvalue weighted by Crippen LogP contribution is -2.45. The summed E-state index contributed by atoms with van der Waals surface area (Å²) >= 11 is 0. The lowest BCUT2D eigenvalue weighted by Gasteiger charge is -2.26. The molecule has 6 heteroatoms. The second kappa shape index (κ2) is 8.90. The highest BCUT2D eigenvalue weighted by Crippen LogP contribution is 2.28. The van der Waals surface area contributed by atoms with Gasteiger partial charge in [0.15, 0.2) is 4.75 Å². The largest absolute Gasteiger partial charge is 0.230 e. The van der Waals surface area contributed by atoms with E-state index in [-0.39, 0.29) is 6.54 Å². The topological polar surface area (TPSA) is 93.8 Å². The number of hydrogen-bond donors (Lipinski definition) is 1. The van der Waals surface area contributed by atoms with Crippen LogP contribution in [0, 0.1) is 22.7 Å². The molecule has 0 fully saturated rings. The zero-order valence-corrected chi connectivity index (χ0v) is 12.6. The van der Waals surface area contributed by atoms with E-state index in [0.717, 1.165) is 6.42 Å². The Morgan fingerprint density at radius 2 is 1.79 bits per heavy atom. The van der Waals surface area contributed by atoms with Crippen molar-refractivity contribution < 1.29 is 8.42 Å². The van der Waals surface area contributed by atoms with Crippen molar-refractivity contribution in [2.75, 3.05) is 6.54 Å². The molecule has 0 aromatic carbocycles. The molecule has 0 aliphatic carbocycles. The molecule has 0 spiro atoms. The number of nitrogens with zero attached hydrogens (tertiary/aromatic N) is 2. The molecule has 0 radical (unpaired) electrons. The standard InChI is InChI=1S/C13H23N3O2S/c1-3-5-9-13(12-15,8-4-2)19(17,18)16-11-7-6-10-14/h16H,3-9,11H2,1-2H3. The summed E-state index contributed by atoms with van der Waals surface area (Å²) in [6.07, 6.45) is 3.71. The molecule has 19 heavy (non-hydrogen) atoms. The van der Waals surface area contributed by atoms with Crippen molar-refractivity contribution in [3.05, 3.63) is 0 Å². The van der Waals surface area contributed by atoms with Crippen LogP contribution in [0.5, 0.6) is 0 Å². The molecule has 0 amide bonds. The molecule has 0 bridgehead atoms. The first-order valence-electron chi connectivity index (χ1n) is 6.77. The van der Waals surface area contributed by atoms with Crippen molar-refractivity contribution in [1.29, 1.82) is 10.5 Å². The molecule has 0 rings (SSSR count). The molecular formula is C13H23N3O2S. The Morgan fingerprint density at radius 1 is 1.11 bits per heavy atom. The summed E-state index contributed by atoms with van der Waals surface area (Å²) in [5.74, 6) is 0. The van der Waals surface area contributed by atoms with Gasteiger partial charge in [-0.1, -0.05) is 33.1 Å². The molecule has 0 heterocycles. The number of sulfonamides is 1. The van der Waals surface area contributed by atoms with E-state index in [1.165, 1.54) is 0 Å². The molecule has 1 N–H and O–H groups in total. The maximum atomic E-state index is 12.3. The van der Waals surface area contributed by atoms with E-state index in [0.29, 0.717) is 38.5 Å². The van der Waals surface area contributed by atoms with E-state index in [9.17, 15) is 13.7 Å². The maximum Gasteiger partial charge on any atom is 0.230 e. The summed E-state index contributed by atoms with van der Waals surface area (Å²) in [6, 6.07) is 3.98. The van der Waals surface area contributed by atoms with Crippen LogP contribution in [0.3, 0.4) is 0 Å². The highest BCUT2D eigenvalue weighted by molar-refractivity contribution is 7.91. The average Bonchev–Trinajstić information content (AvgIpc) is 2.39. The number of nitrogens with one attached hydrogen (secondary N) is 1. The van der Waals surface area contributed by atoms with Gasteiger partial charge in [-0.2, -0.15) is 10.5 Å². The second-order valence-corrected chi connectivity index (χ2v) is 6.70. The fourth-order valence-corrected chi connectivity index (χ4v) is 3.64. The van der Waals surface area contributed by atoms with Crippen molar-refractivity contribution in [3.8, 4) is 12.1 Å². The second-order valence-electron chi connectivity index (χ2n) is 4.62. The zero-order chi connectivity index (χ0) is 14.8. The smallest absolute Gasteiger partial charge is 0.214 e. The fourth-order valence-electron chi connectivity index (χ4n) is 1.94. The Labute approximate surface area is 116 Å². The highest BCUT2D eigenvalue weighted by Gasteiger charge is 2.42. The van der Waals surface area contributed by atoms with Crippen LogP contribution < -0.4 is 4.72 Å². The van der Waals surface area contributed by atoms with E-state index >= 15 is 0 Å². The zero-order valence-electron chi connectivity index (χ0n) is 11.8. The minimum atomic E-state index is -3.67. The normalized spacial score (nSPS) is 14.3. The monoisotopic (exact) mass is 285 g/mol. The third-order valence-electron chi connectivity index (χ3n) is 3.06. The van der Waals surface area contributed by atoms with Crippen molar-refractivity contribution in [2.45, 2.75) is 63.5 Å². The third-order valence-corrected chi connectivity index (χ3v) is 5.18. The van der Waals surface area contributed by atoms with Gasteiger partial charge in [-0.3, -0.25) is 0 Å². The first-order valence-corrected chi connectivity index (χ1v) is 8.25. The van der Waals surface area contributed by atoms with Gasteiger partial charge in [0.2, 0.25) is 10.0 Å². The number of rotatable bonds is 10. The fraction of sp³-hybridized carbons (Fsp3) is 0.846. The van der Waals surface area contributed by atoms with E-state index < -0.39 is 14.8 Å². The molecule has 0 saturated heterocycles. The Balaban J connectivity index is 4.91. The summed E-state index contributed by atoms with van der Waals surface area (Å²) in [5.41, 5.74) is 0. The van der Waals surface area contributed by atoms with Crippen molar-refractivity contribution in [3.63, 3.8) is 0 Å². The summed E-state index contributed by atoms with van der Waals surface area (Å²) in [6.45, 7) is 4.07. The first-order chi connectivity index (χ1) is 8.99. The van der Waals surface area contributed by atoms with Gasteiger partial charge in [0.25, 0.3) is 0 Å². The predicted molar refractivity (Wildman–Crippen MR) is 74.5 cm³/mol. The molecule has 0 aliphatic rings. The van der Waals surface area contributed by atoms with E-state index in [1.807, 2.05) is 26.0 Å². The Bertz CT molecular complexity index is 434. The van der Waals surface area contributed by atoms with Crippen molar-refractivity contribution >= 4 is 10.0 Å². The predicted octanol–water partition coefficient (Wildman–Crippen LogP) is 2.46. The van der Waals surface area contributed by atoms with Crippen molar-refractivity contribution in [2.24, 2.45) is 0 Å². The van der Waals surface area contributed by atoms with Crippen LogP contribution >= 0.6 is 0 Å². The minimum absolute atomic E-state index is 0.217. The van der Waals surface area contributed by atoms with Gasteiger partial charge in [-0.05, 0) is 19.3 Å². The van der Waals surface area contributed by atoms with Crippen LogP contribution in [-0.4, -0.2) is 19.7 Å². The van der Waals surface area contributed by atoms with Gasteiger partial charge in [0.05, 0.1) is 12.1 Å². The van der Waals surface area contributed by atoms with Gasteiger partial charge in [-0.15, -0.1) is 0 Å². The molecule has 0 aromatic heterocycles. The van der Waals surface area contributed by atoms with Gasteiger partial charge in [-0.25, -0.2) is 13.1 Å². The molecule has 1 unspecified atom stereocenters. The molecular weight excluding hydrogens is 262 g/mol. The van der Waals surface area contributed by atoms with Gasteiger partial charge >= 0.3 is 0 Å². The number of hydrogen-bond acceptors (Lipinski definition) is 4. The van der Waals surface area contributed by atoms with Crippen LogP contribution in [0.15, 0.2) is 0 Å². The Morgan fingerprint density at radius 3 is 2.26 bits per heavy atom. The molecule has 0 aromatic rings. The quantitative estimate of drug-likeness (QED) is 0.624. The summed E-state index contributed by atoms with van der Waals surface area (Å²) < 4.78 is 25.8. The molecule has 108 valence electrons. The van der Waals surface area contributed by atoms with Crippen LogP contribution in [0.2, 0.25) is 0 Å². The van der Waals surface area contributed by atoms with Crippen LogP contribution in [0.25, 0.3) is 0 Å². The van der Waals surface area contributed by atoms with E-state index in [1.54, 1.807) is 0 Å². The third kappa shape index (κ3) is 5.18. The summed E-state index contributed by atoms with van der Waals surface area (Å²) in [5, 5.41) is 17.8. The Hall–Kier alpha value is -1.11. The molecule has 5 nitrogen and oxygen atoms in total. The average molecular weight is 285 g/mol. The first kappa shape index (κ1) is 17.9. The molecule has 0 aliphatic heterocycles. The van der Waals surface area contributed by atoms with Gasteiger partial charge < -0.3 is 0 Å².